The van der Waals surface area contributed by atoms with Crippen LogP contribution in [0.1, 0.15) is 94.4 Å². The van der Waals surface area contributed by atoms with Gasteiger partial charge in [-0.15, -0.1) is 0 Å². The molecule has 0 saturated carbocycles. The van der Waals surface area contributed by atoms with Gasteiger partial charge < -0.3 is 25.3 Å². The molecule has 0 aromatic carbocycles. The SMILES string of the molecule is CC(CCN1CC(=O)N(CCCNC(C)(C)C)CC1=O)CCC(C)(C)NCCN1CCN(CCC(C)(C)C)CC1. The van der Waals surface area contributed by atoms with Crippen LogP contribution in [0.4, 0.5) is 0 Å². The monoisotopic (exact) mass is 565 g/mol. The average molecular weight is 565 g/mol. The number of nitrogens with zero attached hydrogens (tertiary/aromatic N) is 4. The van der Waals surface area contributed by atoms with Gasteiger partial charge in [0.25, 0.3) is 0 Å². The smallest absolute Gasteiger partial charge is 0.242 e. The Morgan fingerprint density at radius 1 is 0.675 bits per heavy atom. The number of hydrogen-bond donors (Lipinski definition) is 2. The Hall–Kier alpha value is -1.22. The second kappa shape index (κ2) is 15.9. The predicted octanol–water partition coefficient (Wildman–Crippen LogP) is 3.66. The summed E-state index contributed by atoms with van der Waals surface area (Å²) in [6.07, 6.45) is 5.31. The summed E-state index contributed by atoms with van der Waals surface area (Å²) in [7, 11) is 0. The maximum absolute atomic E-state index is 12.7. The van der Waals surface area contributed by atoms with Crippen LogP contribution in [0.3, 0.4) is 0 Å². The van der Waals surface area contributed by atoms with Gasteiger partial charge >= 0.3 is 0 Å². The van der Waals surface area contributed by atoms with Gasteiger partial charge in [0, 0.05) is 63.4 Å². The fraction of sp³-hybridized carbons (Fsp3) is 0.938. The molecule has 0 bridgehead atoms. The third kappa shape index (κ3) is 14.6. The molecule has 0 spiro atoms. The van der Waals surface area contributed by atoms with E-state index in [0.717, 1.165) is 45.3 Å². The first-order chi connectivity index (χ1) is 18.5. The zero-order chi connectivity index (χ0) is 30.0. The molecule has 2 rings (SSSR count). The van der Waals surface area contributed by atoms with E-state index >= 15 is 0 Å². The van der Waals surface area contributed by atoms with Crippen molar-refractivity contribution in [3.05, 3.63) is 0 Å². The van der Waals surface area contributed by atoms with Gasteiger partial charge in [-0.05, 0) is 91.1 Å². The fourth-order valence-electron chi connectivity index (χ4n) is 5.34. The zero-order valence-corrected chi connectivity index (χ0v) is 27.7. The van der Waals surface area contributed by atoms with Crippen molar-refractivity contribution in [2.45, 2.75) is 105 Å². The molecule has 0 aromatic rings. The van der Waals surface area contributed by atoms with Crippen LogP contribution in [0.15, 0.2) is 0 Å². The molecule has 2 aliphatic heterocycles. The molecule has 2 amide bonds. The normalized spacial score (nSPS) is 19.5. The van der Waals surface area contributed by atoms with Gasteiger partial charge in [-0.3, -0.25) is 14.5 Å². The number of carbonyl (C=O) groups is 2. The second-order valence-corrected chi connectivity index (χ2v) is 15.4. The molecule has 2 fully saturated rings. The highest BCUT2D eigenvalue weighted by Gasteiger charge is 2.30. The summed E-state index contributed by atoms with van der Waals surface area (Å²) in [6.45, 7) is 31.0. The lowest BCUT2D eigenvalue weighted by molar-refractivity contribution is -0.150. The largest absolute Gasteiger partial charge is 0.332 e. The van der Waals surface area contributed by atoms with Crippen LogP contribution in [-0.2, 0) is 9.59 Å². The summed E-state index contributed by atoms with van der Waals surface area (Å²) in [6, 6.07) is 0. The van der Waals surface area contributed by atoms with Crippen molar-refractivity contribution in [3.63, 3.8) is 0 Å². The Balaban J connectivity index is 1.58. The molecule has 8 nitrogen and oxygen atoms in total. The van der Waals surface area contributed by atoms with Crippen molar-refractivity contribution in [3.8, 4) is 0 Å². The van der Waals surface area contributed by atoms with E-state index in [-0.39, 0.29) is 36.0 Å². The van der Waals surface area contributed by atoms with Crippen LogP contribution in [0.5, 0.6) is 0 Å². The summed E-state index contributed by atoms with van der Waals surface area (Å²) in [5.74, 6) is 0.693. The molecule has 0 aromatic heterocycles. The minimum Gasteiger partial charge on any atom is -0.332 e. The zero-order valence-electron chi connectivity index (χ0n) is 27.7. The summed E-state index contributed by atoms with van der Waals surface area (Å²) < 4.78 is 0. The van der Waals surface area contributed by atoms with Crippen molar-refractivity contribution in [1.29, 1.82) is 0 Å². The fourth-order valence-corrected chi connectivity index (χ4v) is 5.34. The van der Waals surface area contributed by atoms with E-state index in [1.54, 1.807) is 9.80 Å². The molecule has 2 N–H and O–H groups in total. The van der Waals surface area contributed by atoms with Gasteiger partial charge in [-0.25, -0.2) is 0 Å². The van der Waals surface area contributed by atoms with Crippen LogP contribution >= 0.6 is 0 Å². The van der Waals surface area contributed by atoms with Crippen molar-refractivity contribution in [1.82, 2.24) is 30.2 Å². The molecule has 8 heteroatoms. The Labute approximate surface area is 247 Å². The van der Waals surface area contributed by atoms with Gasteiger partial charge in [0.1, 0.15) is 0 Å². The second-order valence-electron chi connectivity index (χ2n) is 15.4. The first kappa shape index (κ1) is 35.0. The average Bonchev–Trinajstić information content (AvgIpc) is 2.84. The maximum atomic E-state index is 12.7. The van der Waals surface area contributed by atoms with Crippen molar-refractivity contribution < 1.29 is 9.59 Å². The topological polar surface area (TPSA) is 71.2 Å². The van der Waals surface area contributed by atoms with Crippen LogP contribution in [0.25, 0.3) is 0 Å². The van der Waals surface area contributed by atoms with Crippen LogP contribution in [0.2, 0.25) is 0 Å². The van der Waals surface area contributed by atoms with Gasteiger partial charge in [-0.1, -0.05) is 27.7 Å². The summed E-state index contributed by atoms with van der Waals surface area (Å²) in [5, 5.41) is 7.24. The molecule has 1 atom stereocenters. The number of nitrogens with one attached hydrogen (secondary N) is 2. The summed E-state index contributed by atoms with van der Waals surface area (Å²) in [5.41, 5.74) is 0.587. The number of carbonyl (C=O) groups excluding carboxylic acids is 2. The van der Waals surface area contributed by atoms with E-state index in [1.807, 2.05) is 0 Å². The minimum atomic E-state index is 0.0717. The minimum absolute atomic E-state index is 0.0717. The maximum Gasteiger partial charge on any atom is 0.242 e. The van der Waals surface area contributed by atoms with Crippen LogP contribution in [-0.4, -0.2) is 121 Å². The molecule has 0 radical (unpaired) electrons. The first-order valence-electron chi connectivity index (χ1n) is 16.0. The highest BCUT2D eigenvalue weighted by molar-refractivity contribution is 5.92. The predicted molar refractivity (Wildman–Crippen MR) is 168 cm³/mol. The Kier molecular flexibility index (Phi) is 13.9. The highest BCUT2D eigenvalue weighted by Crippen LogP contribution is 2.21. The van der Waals surface area contributed by atoms with Crippen molar-refractivity contribution in [2.75, 3.05) is 78.5 Å². The molecular weight excluding hydrogens is 500 g/mol. The standard InChI is InChI=1S/C32H64N6O2/c1-27(12-18-38-26-28(39)37(25-29(38)40)17-10-15-33-31(5,6)7)11-13-32(8,9)34-16-20-36-23-21-35(22-24-36)19-14-30(2,3)4/h27,33-34H,10-26H2,1-9H3. The Morgan fingerprint density at radius 3 is 1.77 bits per heavy atom. The molecule has 40 heavy (non-hydrogen) atoms. The van der Waals surface area contributed by atoms with Gasteiger partial charge in [0.05, 0.1) is 13.1 Å². The van der Waals surface area contributed by atoms with E-state index < -0.39 is 0 Å². The van der Waals surface area contributed by atoms with E-state index in [0.29, 0.717) is 24.4 Å². The lowest BCUT2D eigenvalue weighted by atomic mass is 9.91. The summed E-state index contributed by atoms with van der Waals surface area (Å²) >= 11 is 0. The van der Waals surface area contributed by atoms with E-state index in [4.69, 9.17) is 0 Å². The lowest BCUT2D eigenvalue weighted by Crippen LogP contribution is -2.54. The Bertz CT molecular complexity index is 764. The number of piperazine rings is 2. The van der Waals surface area contributed by atoms with Crippen molar-refractivity contribution in [2.24, 2.45) is 11.3 Å². The highest BCUT2D eigenvalue weighted by atomic mass is 16.2. The number of rotatable bonds is 16. The Morgan fingerprint density at radius 2 is 1.23 bits per heavy atom. The quantitative estimate of drug-likeness (QED) is 0.279. The van der Waals surface area contributed by atoms with Crippen LogP contribution < -0.4 is 10.6 Å². The van der Waals surface area contributed by atoms with E-state index in [2.05, 4.69) is 82.7 Å². The van der Waals surface area contributed by atoms with Gasteiger partial charge in [-0.2, -0.15) is 0 Å². The molecule has 2 saturated heterocycles. The van der Waals surface area contributed by atoms with Crippen LogP contribution in [0, 0.1) is 11.3 Å². The number of hydrogen-bond acceptors (Lipinski definition) is 6. The molecule has 1 unspecified atom stereocenters. The number of amides is 2. The van der Waals surface area contributed by atoms with Gasteiger partial charge in [0.15, 0.2) is 0 Å². The molecule has 234 valence electrons. The van der Waals surface area contributed by atoms with Gasteiger partial charge in [0.2, 0.25) is 11.8 Å². The summed E-state index contributed by atoms with van der Waals surface area (Å²) in [4.78, 5) is 34.1. The third-order valence-electron chi connectivity index (χ3n) is 8.45. The third-order valence-corrected chi connectivity index (χ3v) is 8.45. The van der Waals surface area contributed by atoms with E-state index in [9.17, 15) is 9.59 Å². The molecule has 2 aliphatic rings. The molecular formula is C32H64N6O2. The van der Waals surface area contributed by atoms with E-state index in [1.165, 1.54) is 39.1 Å². The van der Waals surface area contributed by atoms with Crippen molar-refractivity contribution >= 4 is 11.8 Å². The molecule has 2 heterocycles. The first-order valence-corrected chi connectivity index (χ1v) is 16.0. The molecule has 0 aliphatic carbocycles. The lowest BCUT2D eigenvalue weighted by Gasteiger charge is -2.37.